The lowest BCUT2D eigenvalue weighted by atomic mass is 10.2. The van der Waals surface area contributed by atoms with Crippen LogP contribution in [0, 0.1) is 12.9 Å². The molecule has 2 rings (SSSR count). The molecule has 1 N–H and O–H groups in total. The molecule has 0 radical (unpaired) electrons. The van der Waals surface area contributed by atoms with Crippen molar-refractivity contribution in [1.82, 2.24) is 9.97 Å². The Bertz CT molecular complexity index is 518. The smallest absolute Gasteiger partial charge is 0.216 e. The zero-order valence-corrected chi connectivity index (χ0v) is 6.97. The molecule has 0 saturated carbocycles. The van der Waals surface area contributed by atoms with Crippen LogP contribution in [0.25, 0.3) is 11.0 Å². The Labute approximate surface area is 73.2 Å². The van der Waals surface area contributed by atoms with Crippen molar-refractivity contribution >= 4 is 11.0 Å². The van der Waals surface area contributed by atoms with Crippen LogP contribution in [0.5, 0.6) is 0 Å². The molecule has 0 aliphatic heterocycles. The van der Waals surface area contributed by atoms with Gasteiger partial charge in [0.25, 0.3) is 0 Å². The first-order valence-corrected chi connectivity index (χ1v) is 3.83. The van der Waals surface area contributed by atoms with E-state index in [9.17, 15) is 9.18 Å². The van der Waals surface area contributed by atoms with Gasteiger partial charge in [-0.25, -0.2) is 4.98 Å². The zero-order chi connectivity index (χ0) is 9.42. The van der Waals surface area contributed by atoms with Crippen LogP contribution in [0.4, 0.5) is 4.39 Å². The lowest BCUT2D eigenvalue weighted by molar-refractivity contribution is 0.579. The number of fused-ring (bicyclic) bond motifs is 1. The molecule has 13 heavy (non-hydrogen) atoms. The number of nitrogens with one attached hydrogen (secondary N) is 1. The van der Waals surface area contributed by atoms with E-state index in [2.05, 4.69) is 9.97 Å². The summed E-state index contributed by atoms with van der Waals surface area (Å²) in [6.45, 7) is 1.60. The fourth-order valence-corrected chi connectivity index (χ4v) is 1.17. The lowest BCUT2D eigenvalue weighted by Crippen LogP contribution is -2.04. The highest BCUT2D eigenvalue weighted by atomic mass is 19.1. The molecule has 2 heterocycles. The molecule has 0 fully saturated rings. The van der Waals surface area contributed by atoms with E-state index in [1.165, 1.54) is 12.3 Å². The molecular weight excluding hydrogens is 171 g/mol. The Hall–Kier alpha value is -1.71. The minimum absolute atomic E-state index is 0.144. The highest BCUT2D eigenvalue weighted by Crippen LogP contribution is 2.09. The van der Waals surface area contributed by atoms with Gasteiger partial charge in [-0.1, -0.05) is 0 Å². The summed E-state index contributed by atoms with van der Waals surface area (Å²) in [4.78, 5) is 17.6. The van der Waals surface area contributed by atoms with Gasteiger partial charge in [-0.05, 0) is 13.0 Å². The van der Waals surface area contributed by atoms with E-state index >= 15 is 0 Å². The van der Waals surface area contributed by atoms with Crippen LogP contribution in [-0.2, 0) is 0 Å². The molecule has 0 aliphatic rings. The molecule has 0 saturated heterocycles. The Morgan fingerprint density at radius 1 is 1.54 bits per heavy atom. The topological polar surface area (TPSA) is 45.8 Å². The van der Waals surface area contributed by atoms with E-state index in [-0.39, 0.29) is 10.9 Å². The molecule has 66 valence electrons. The molecule has 0 spiro atoms. The van der Waals surface area contributed by atoms with E-state index in [0.717, 1.165) is 0 Å². The van der Waals surface area contributed by atoms with Gasteiger partial charge < -0.3 is 4.98 Å². The second-order valence-corrected chi connectivity index (χ2v) is 2.83. The van der Waals surface area contributed by atoms with Gasteiger partial charge in [0.05, 0.1) is 5.52 Å². The summed E-state index contributed by atoms with van der Waals surface area (Å²) in [5.74, 6) is -0.593. The number of pyridine rings is 2. The largest absolute Gasteiger partial charge is 0.360 e. The number of aromatic amines is 1. The Morgan fingerprint density at radius 2 is 2.31 bits per heavy atom. The van der Waals surface area contributed by atoms with Crippen molar-refractivity contribution in [3.05, 3.63) is 40.1 Å². The van der Waals surface area contributed by atoms with Crippen LogP contribution in [0.3, 0.4) is 0 Å². The van der Waals surface area contributed by atoms with Crippen LogP contribution in [0.1, 0.15) is 5.56 Å². The maximum atomic E-state index is 13.0. The molecular formula is C9H7FN2O. The minimum Gasteiger partial charge on any atom is -0.360 e. The molecule has 3 nitrogen and oxygen atoms in total. The van der Waals surface area contributed by atoms with Crippen molar-refractivity contribution < 1.29 is 4.39 Å². The zero-order valence-electron chi connectivity index (χ0n) is 6.97. The molecule has 0 aromatic carbocycles. The first kappa shape index (κ1) is 7.91. The van der Waals surface area contributed by atoms with Crippen LogP contribution in [0.15, 0.2) is 23.1 Å². The number of hydrogen-bond donors (Lipinski definition) is 1. The highest BCUT2D eigenvalue weighted by molar-refractivity contribution is 5.73. The summed E-state index contributed by atoms with van der Waals surface area (Å²) in [6.07, 6.45) is 1.52. The fourth-order valence-electron chi connectivity index (χ4n) is 1.17. The lowest BCUT2D eigenvalue weighted by Gasteiger charge is -1.98. The van der Waals surface area contributed by atoms with Crippen molar-refractivity contribution in [2.45, 2.75) is 6.92 Å². The second kappa shape index (κ2) is 2.65. The third-order valence-corrected chi connectivity index (χ3v) is 1.86. The van der Waals surface area contributed by atoms with E-state index in [1.54, 1.807) is 13.0 Å². The van der Waals surface area contributed by atoms with Gasteiger partial charge in [0, 0.05) is 17.8 Å². The van der Waals surface area contributed by atoms with Crippen LogP contribution in [-0.4, -0.2) is 9.97 Å². The molecule has 0 amide bonds. The normalized spacial score (nSPS) is 10.6. The van der Waals surface area contributed by atoms with Gasteiger partial charge in [0.1, 0.15) is 5.52 Å². The summed E-state index contributed by atoms with van der Waals surface area (Å²) in [5, 5.41) is 0. The molecule has 0 aliphatic carbocycles. The summed E-state index contributed by atoms with van der Waals surface area (Å²) in [5.41, 5.74) is 0.860. The van der Waals surface area contributed by atoms with Gasteiger partial charge in [-0.2, -0.15) is 4.39 Å². The highest BCUT2D eigenvalue weighted by Gasteiger charge is 2.04. The molecule has 4 heteroatoms. The average Bonchev–Trinajstić information content (AvgIpc) is 2.09. The van der Waals surface area contributed by atoms with Gasteiger partial charge in [-0.15, -0.1) is 0 Å². The number of nitrogens with zero attached hydrogens (tertiary/aromatic N) is 1. The number of aromatic nitrogens is 2. The monoisotopic (exact) mass is 178 g/mol. The molecule has 2 aromatic heterocycles. The van der Waals surface area contributed by atoms with E-state index in [1.807, 2.05) is 0 Å². The third-order valence-electron chi connectivity index (χ3n) is 1.86. The van der Waals surface area contributed by atoms with Gasteiger partial charge in [0.2, 0.25) is 11.4 Å². The number of rotatable bonds is 0. The quantitative estimate of drug-likeness (QED) is 0.619. The Morgan fingerprint density at radius 3 is 3.08 bits per heavy atom. The summed E-state index contributed by atoms with van der Waals surface area (Å²) < 4.78 is 13.0. The first-order chi connectivity index (χ1) is 6.18. The van der Waals surface area contributed by atoms with E-state index < -0.39 is 5.95 Å². The number of aryl methyl sites for hydroxylation is 1. The summed E-state index contributed by atoms with van der Waals surface area (Å²) in [6, 6.07) is 2.89. The van der Waals surface area contributed by atoms with Crippen LogP contribution < -0.4 is 5.43 Å². The molecule has 0 atom stereocenters. The summed E-state index contributed by atoms with van der Waals surface area (Å²) in [7, 11) is 0. The van der Waals surface area contributed by atoms with Crippen molar-refractivity contribution in [2.24, 2.45) is 0 Å². The first-order valence-electron chi connectivity index (χ1n) is 3.83. The molecule has 0 bridgehead atoms. The molecule has 0 unspecified atom stereocenters. The number of halogens is 1. The van der Waals surface area contributed by atoms with Gasteiger partial charge >= 0.3 is 0 Å². The van der Waals surface area contributed by atoms with Crippen LogP contribution in [0.2, 0.25) is 0 Å². The van der Waals surface area contributed by atoms with Crippen molar-refractivity contribution in [3.8, 4) is 0 Å². The third kappa shape index (κ3) is 1.20. The Balaban J connectivity index is 2.97. The van der Waals surface area contributed by atoms with E-state index in [4.69, 9.17) is 0 Å². The van der Waals surface area contributed by atoms with Crippen molar-refractivity contribution in [3.63, 3.8) is 0 Å². The number of hydrogen-bond acceptors (Lipinski definition) is 2. The standard InChI is InChI=1S/C9H7FN2O/c1-5-4-6-8(12-9(5)10)7(13)2-3-11-6/h2-4H,1H3,(H,11,13). The van der Waals surface area contributed by atoms with Crippen molar-refractivity contribution in [1.29, 1.82) is 0 Å². The number of H-pyrrole nitrogens is 1. The Kier molecular flexibility index (Phi) is 1.62. The van der Waals surface area contributed by atoms with Crippen molar-refractivity contribution in [2.75, 3.05) is 0 Å². The average molecular weight is 178 g/mol. The van der Waals surface area contributed by atoms with Gasteiger partial charge in [-0.3, -0.25) is 4.79 Å². The SMILES string of the molecule is Cc1cc2[nH]ccc(=O)c2nc1F. The minimum atomic E-state index is -0.593. The molecule has 2 aromatic rings. The predicted molar refractivity (Wildman–Crippen MR) is 47.1 cm³/mol. The van der Waals surface area contributed by atoms with E-state index in [0.29, 0.717) is 11.1 Å². The van der Waals surface area contributed by atoms with Crippen LogP contribution >= 0.6 is 0 Å². The second-order valence-electron chi connectivity index (χ2n) is 2.83. The maximum absolute atomic E-state index is 13.0. The maximum Gasteiger partial charge on any atom is 0.216 e. The fraction of sp³-hybridized carbons (Fsp3) is 0.111. The predicted octanol–water partition coefficient (Wildman–Crippen LogP) is 1.37. The summed E-state index contributed by atoms with van der Waals surface area (Å²) >= 11 is 0. The van der Waals surface area contributed by atoms with Gasteiger partial charge in [0.15, 0.2) is 0 Å².